The molecule has 1 unspecified atom stereocenters. The Bertz CT molecular complexity index is 337. The Kier molecular flexibility index (Phi) is 3.02. The van der Waals surface area contributed by atoms with Crippen molar-refractivity contribution in [3.05, 3.63) is 35.9 Å². The average molecular weight is 204 g/mol. The third-order valence-corrected chi connectivity index (χ3v) is 2.90. The van der Waals surface area contributed by atoms with E-state index in [1.54, 1.807) is 0 Å². The first-order chi connectivity index (χ1) is 7.29. The SMILES string of the molecule is CN1C(=O)CCNCC1c1ccccc1. The second-order valence-corrected chi connectivity index (χ2v) is 3.89. The molecule has 1 fully saturated rings. The summed E-state index contributed by atoms with van der Waals surface area (Å²) in [6.07, 6.45) is 0.597. The number of carbonyl (C=O) groups is 1. The molecule has 15 heavy (non-hydrogen) atoms. The molecular formula is C12H16N2O. The van der Waals surface area contributed by atoms with Gasteiger partial charge in [-0.25, -0.2) is 0 Å². The van der Waals surface area contributed by atoms with Crippen LogP contribution in [0.4, 0.5) is 0 Å². The van der Waals surface area contributed by atoms with Gasteiger partial charge in [0.15, 0.2) is 0 Å². The predicted octanol–water partition coefficient (Wildman–Crippen LogP) is 1.18. The van der Waals surface area contributed by atoms with Gasteiger partial charge in [-0.2, -0.15) is 0 Å². The minimum absolute atomic E-state index is 0.168. The van der Waals surface area contributed by atoms with Crippen molar-refractivity contribution in [1.29, 1.82) is 0 Å². The quantitative estimate of drug-likeness (QED) is 0.745. The number of hydrogen-bond donors (Lipinski definition) is 1. The highest BCUT2D eigenvalue weighted by Gasteiger charge is 2.23. The molecule has 0 spiro atoms. The van der Waals surface area contributed by atoms with Crippen molar-refractivity contribution in [3.63, 3.8) is 0 Å². The minimum Gasteiger partial charge on any atom is -0.337 e. The molecule has 1 aromatic rings. The Morgan fingerprint density at radius 2 is 2.07 bits per heavy atom. The van der Waals surface area contributed by atoms with E-state index in [9.17, 15) is 4.79 Å². The van der Waals surface area contributed by atoms with Gasteiger partial charge in [0.1, 0.15) is 0 Å². The molecule has 1 aromatic carbocycles. The van der Waals surface area contributed by atoms with Crippen LogP contribution in [0.1, 0.15) is 18.0 Å². The number of amides is 1. The molecule has 1 atom stereocenters. The molecule has 0 radical (unpaired) electrons. The molecule has 1 heterocycles. The summed E-state index contributed by atoms with van der Waals surface area (Å²) in [5, 5.41) is 3.29. The van der Waals surface area contributed by atoms with Gasteiger partial charge in [0.05, 0.1) is 6.04 Å². The van der Waals surface area contributed by atoms with Gasteiger partial charge in [-0.1, -0.05) is 30.3 Å². The van der Waals surface area contributed by atoms with Crippen LogP contribution in [0.25, 0.3) is 0 Å². The topological polar surface area (TPSA) is 32.3 Å². The zero-order valence-corrected chi connectivity index (χ0v) is 8.94. The first-order valence-corrected chi connectivity index (χ1v) is 5.30. The van der Waals surface area contributed by atoms with E-state index in [1.807, 2.05) is 30.1 Å². The van der Waals surface area contributed by atoms with Crippen LogP contribution in [0.2, 0.25) is 0 Å². The van der Waals surface area contributed by atoms with Gasteiger partial charge in [0.2, 0.25) is 5.91 Å². The van der Waals surface area contributed by atoms with E-state index in [4.69, 9.17) is 0 Å². The van der Waals surface area contributed by atoms with Crippen LogP contribution in [-0.4, -0.2) is 30.9 Å². The van der Waals surface area contributed by atoms with Crippen molar-refractivity contribution < 1.29 is 4.79 Å². The van der Waals surface area contributed by atoms with Crippen LogP contribution in [0.3, 0.4) is 0 Å². The van der Waals surface area contributed by atoms with Crippen LogP contribution >= 0.6 is 0 Å². The first kappa shape index (κ1) is 10.2. The molecule has 0 aliphatic carbocycles. The summed E-state index contributed by atoms with van der Waals surface area (Å²) in [5.74, 6) is 0.217. The fourth-order valence-electron chi connectivity index (χ4n) is 1.94. The number of benzene rings is 1. The number of nitrogens with one attached hydrogen (secondary N) is 1. The molecule has 0 saturated carbocycles. The molecule has 1 N–H and O–H groups in total. The van der Waals surface area contributed by atoms with Crippen molar-refractivity contribution in [3.8, 4) is 0 Å². The number of carbonyl (C=O) groups excluding carboxylic acids is 1. The van der Waals surface area contributed by atoms with Gasteiger partial charge in [0, 0.05) is 26.6 Å². The van der Waals surface area contributed by atoms with Crippen LogP contribution < -0.4 is 5.32 Å². The number of hydrogen-bond acceptors (Lipinski definition) is 2. The second kappa shape index (κ2) is 4.45. The van der Waals surface area contributed by atoms with Crippen molar-refractivity contribution in [2.45, 2.75) is 12.5 Å². The zero-order valence-electron chi connectivity index (χ0n) is 8.94. The molecule has 1 aliphatic heterocycles. The molecule has 80 valence electrons. The summed E-state index contributed by atoms with van der Waals surface area (Å²) in [7, 11) is 1.88. The highest BCUT2D eigenvalue weighted by molar-refractivity contribution is 5.77. The van der Waals surface area contributed by atoms with Crippen molar-refractivity contribution >= 4 is 5.91 Å². The highest BCUT2D eigenvalue weighted by atomic mass is 16.2. The summed E-state index contributed by atoms with van der Waals surface area (Å²) >= 11 is 0. The normalized spacial score (nSPS) is 22.6. The minimum atomic E-state index is 0.168. The third-order valence-electron chi connectivity index (χ3n) is 2.90. The third kappa shape index (κ3) is 2.18. The Labute approximate surface area is 90.1 Å². The molecule has 2 rings (SSSR count). The summed E-state index contributed by atoms with van der Waals surface area (Å²) in [4.78, 5) is 13.5. The van der Waals surface area contributed by atoms with E-state index >= 15 is 0 Å². The van der Waals surface area contributed by atoms with Gasteiger partial charge < -0.3 is 10.2 Å². The molecule has 1 aliphatic rings. The molecule has 1 amide bonds. The Morgan fingerprint density at radius 3 is 2.80 bits per heavy atom. The fraction of sp³-hybridized carbons (Fsp3) is 0.417. The average Bonchev–Trinajstić information content (AvgIpc) is 2.44. The van der Waals surface area contributed by atoms with Crippen LogP contribution in [0.15, 0.2) is 30.3 Å². The number of likely N-dealkylation sites (N-methyl/N-ethyl adjacent to an activating group) is 1. The van der Waals surface area contributed by atoms with Gasteiger partial charge in [-0.05, 0) is 5.56 Å². The van der Waals surface area contributed by atoms with Gasteiger partial charge in [0.25, 0.3) is 0 Å². The van der Waals surface area contributed by atoms with E-state index in [0.29, 0.717) is 6.42 Å². The van der Waals surface area contributed by atoms with Crippen molar-refractivity contribution in [2.24, 2.45) is 0 Å². The van der Waals surface area contributed by atoms with Crippen LogP contribution in [0, 0.1) is 0 Å². The maximum atomic E-state index is 11.7. The van der Waals surface area contributed by atoms with Gasteiger partial charge in [-0.15, -0.1) is 0 Å². The largest absolute Gasteiger partial charge is 0.337 e. The summed E-state index contributed by atoms with van der Waals surface area (Å²) in [6, 6.07) is 10.3. The first-order valence-electron chi connectivity index (χ1n) is 5.30. The Morgan fingerprint density at radius 1 is 1.33 bits per heavy atom. The molecular weight excluding hydrogens is 188 g/mol. The van der Waals surface area contributed by atoms with E-state index in [1.165, 1.54) is 5.56 Å². The molecule has 3 nitrogen and oxygen atoms in total. The molecule has 1 saturated heterocycles. The maximum Gasteiger partial charge on any atom is 0.224 e. The Balaban J connectivity index is 2.23. The summed E-state index contributed by atoms with van der Waals surface area (Å²) in [5.41, 5.74) is 1.20. The predicted molar refractivity (Wildman–Crippen MR) is 59.4 cm³/mol. The zero-order chi connectivity index (χ0) is 10.7. The van der Waals surface area contributed by atoms with E-state index in [0.717, 1.165) is 13.1 Å². The van der Waals surface area contributed by atoms with Crippen molar-refractivity contribution in [2.75, 3.05) is 20.1 Å². The van der Waals surface area contributed by atoms with E-state index in [-0.39, 0.29) is 11.9 Å². The standard InChI is InChI=1S/C12H16N2O/c1-14-11(9-13-8-7-12(14)15)10-5-3-2-4-6-10/h2-6,11,13H,7-9H2,1H3. The van der Waals surface area contributed by atoms with Crippen molar-refractivity contribution in [1.82, 2.24) is 10.2 Å². The summed E-state index contributed by atoms with van der Waals surface area (Å²) in [6.45, 7) is 1.62. The molecule has 3 heteroatoms. The fourth-order valence-corrected chi connectivity index (χ4v) is 1.94. The number of rotatable bonds is 1. The molecule has 0 bridgehead atoms. The van der Waals surface area contributed by atoms with Crippen LogP contribution in [0.5, 0.6) is 0 Å². The number of nitrogens with zero attached hydrogens (tertiary/aromatic N) is 1. The van der Waals surface area contributed by atoms with E-state index in [2.05, 4.69) is 17.4 Å². The van der Waals surface area contributed by atoms with Gasteiger partial charge >= 0.3 is 0 Å². The van der Waals surface area contributed by atoms with Gasteiger partial charge in [-0.3, -0.25) is 4.79 Å². The lowest BCUT2D eigenvalue weighted by atomic mass is 10.1. The lowest BCUT2D eigenvalue weighted by Gasteiger charge is -2.26. The van der Waals surface area contributed by atoms with Crippen LogP contribution in [-0.2, 0) is 4.79 Å². The maximum absolute atomic E-state index is 11.7. The second-order valence-electron chi connectivity index (χ2n) is 3.89. The molecule has 0 aromatic heterocycles. The highest BCUT2D eigenvalue weighted by Crippen LogP contribution is 2.20. The smallest absolute Gasteiger partial charge is 0.224 e. The summed E-state index contributed by atoms with van der Waals surface area (Å²) < 4.78 is 0. The lowest BCUT2D eigenvalue weighted by molar-refractivity contribution is -0.131. The van der Waals surface area contributed by atoms with E-state index < -0.39 is 0 Å². The Hall–Kier alpha value is -1.35. The lowest BCUT2D eigenvalue weighted by Crippen LogP contribution is -2.32. The monoisotopic (exact) mass is 204 g/mol.